The Morgan fingerprint density at radius 2 is 1.77 bits per heavy atom. The van der Waals surface area contributed by atoms with Crippen LogP contribution in [0.2, 0.25) is 0 Å². The van der Waals surface area contributed by atoms with Gasteiger partial charge >= 0.3 is 0 Å². The third-order valence-electron chi connectivity index (χ3n) is 5.41. The summed E-state index contributed by atoms with van der Waals surface area (Å²) in [7, 11) is 0. The highest BCUT2D eigenvalue weighted by Crippen LogP contribution is 2.25. The van der Waals surface area contributed by atoms with E-state index < -0.39 is 0 Å². The number of rotatable bonds is 8. The lowest BCUT2D eigenvalue weighted by molar-refractivity contribution is -0.117. The van der Waals surface area contributed by atoms with Crippen LogP contribution >= 0.6 is 0 Å². The van der Waals surface area contributed by atoms with Crippen molar-refractivity contribution in [1.82, 2.24) is 20.6 Å². The fourth-order valence-electron chi connectivity index (χ4n) is 3.71. The van der Waals surface area contributed by atoms with E-state index in [1.807, 2.05) is 30.5 Å². The molecule has 2 heterocycles. The maximum atomic E-state index is 12.2. The van der Waals surface area contributed by atoms with E-state index in [0.717, 1.165) is 72.8 Å². The second-order valence-corrected chi connectivity index (χ2v) is 7.71. The zero-order chi connectivity index (χ0) is 20.8. The predicted octanol–water partition coefficient (Wildman–Crippen LogP) is 3.93. The normalized spacial score (nSPS) is 16.0. The molecule has 6 heteroatoms. The molecule has 156 valence electrons. The maximum absolute atomic E-state index is 12.2. The molecule has 0 aliphatic carbocycles. The second kappa shape index (κ2) is 9.69. The Labute approximate surface area is 177 Å². The second-order valence-electron chi connectivity index (χ2n) is 7.71. The van der Waals surface area contributed by atoms with Gasteiger partial charge < -0.3 is 20.9 Å². The quantitative estimate of drug-likeness (QED) is 0.430. The fraction of sp³-hybridized carbons (Fsp3) is 0.333. The van der Waals surface area contributed by atoms with E-state index in [1.54, 1.807) is 0 Å². The number of carbonyl (C=O) groups is 1. The SMILES string of the molecule is CCCNCc1ncc(-c2ccc(-c3ccc(NC(=O)[C@@H]4CCCN4)cc3)cc2)[nH]1. The summed E-state index contributed by atoms with van der Waals surface area (Å²) in [4.78, 5) is 20.1. The molecule has 1 aliphatic rings. The molecule has 1 fully saturated rings. The minimum atomic E-state index is -0.0670. The van der Waals surface area contributed by atoms with Crippen molar-refractivity contribution in [3.63, 3.8) is 0 Å². The Morgan fingerprint density at radius 1 is 1.07 bits per heavy atom. The van der Waals surface area contributed by atoms with Crippen molar-refractivity contribution in [2.75, 3.05) is 18.4 Å². The lowest BCUT2D eigenvalue weighted by atomic mass is 10.0. The maximum Gasteiger partial charge on any atom is 0.241 e. The van der Waals surface area contributed by atoms with Crippen LogP contribution in [0, 0.1) is 0 Å². The molecule has 1 aliphatic heterocycles. The number of H-pyrrole nitrogens is 1. The van der Waals surface area contributed by atoms with Gasteiger partial charge in [0, 0.05) is 5.69 Å². The van der Waals surface area contributed by atoms with Crippen LogP contribution in [0.25, 0.3) is 22.4 Å². The summed E-state index contributed by atoms with van der Waals surface area (Å²) in [5.74, 6) is 1.00. The molecule has 2 aromatic carbocycles. The summed E-state index contributed by atoms with van der Waals surface area (Å²) < 4.78 is 0. The van der Waals surface area contributed by atoms with E-state index in [1.165, 1.54) is 0 Å². The van der Waals surface area contributed by atoms with E-state index in [-0.39, 0.29) is 11.9 Å². The predicted molar refractivity (Wildman–Crippen MR) is 121 cm³/mol. The largest absolute Gasteiger partial charge is 0.341 e. The molecular formula is C24H29N5O. The Balaban J connectivity index is 1.38. The number of aromatic amines is 1. The van der Waals surface area contributed by atoms with Crippen LogP contribution in [0.3, 0.4) is 0 Å². The molecule has 1 amide bonds. The Bertz CT molecular complexity index is 956. The van der Waals surface area contributed by atoms with Gasteiger partial charge in [-0.15, -0.1) is 0 Å². The summed E-state index contributed by atoms with van der Waals surface area (Å²) in [6.45, 7) is 4.82. The van der Waals surface area contributed by atoms with Crippen LogP contribution in [-0.2, 0) is 11.3 Å². The van der Waals surface area contributed by atoms with Crippen LogP contribution in [0.5, 0.6) is 0 Å². The molecule has 0 saturated carbocycles. The van der Waals surface area contributed by atoms with Gasteiger partial charge in [0.25, 0.3) is 0 Å². The highest BCUT2D eigenvalue weighted by atomic mass is 16.2. The number of carbonyl (C=O) groups excluding carboxylic acids is 1. The zero-order valence-corrected chi connectivity index (χ0v) is 17.4. The van der Waals surface area contributed by atoms with E-state index in [0.29, 0.717) is 0 Å². The minimum absolute atomic E-state index is 0.0495. The van der Waals surface area contributed by atoms with Gasteiger partial charge in [0.05, 0.1) is 24.5 Å². The number of nitrogens with zero attached hydrogens (tertiary/aromatic N) is 1. The number of aromatic nitrogens is 2. The molecule has 30 heavy (non-hydrogen) atoms. The molecule has 4 rings (SSSR count). The van der Waals surface area contributed by atoms with Gasteiger partial charge in [0.15, 0.2) is 0 Å². The molecule has 4 N–H and O–H groups in total. The Hall–Kier alpha value is -2.96. The van der Waals surface area contributed by atoms with Crippen LogP contribution in [-0.4, -0.2) is 35.0 Å². The van der Waals surface area contributed by atoms with Crippen LogP contribution in [0.1, 0.15) is 32.0 Å². The molecule has 0 spiro atoms. The summed E-state index contributed by atoms with van der Waals surface area (Å²) >= 11 is 0. The molecule has 1 saturated heterocycles. The number of benzene rings is 2. The van der Waals surface area contributed by atoms with E-state index >= 15 is 0 Å². The molecular weight excluding hydrogens is 374 g/mol. The average Bonchev–Trinajstić information content (AvgIpc) is 3.47. The summed E-state index contributed by atoms with van der Waals surface area (Å²) in [5.41, 5.74) is 5.22. The smallest absolute Gasteiger partial charge is 0.241 e. The number of imidazole rings is 1. The topological polar surface area (TPSA) is 81.8 Å². The first-order valence-corrected chi connectivity index (χ1v) is 10.7. The van der Waals surface area contributed by atoms with Gasteiger partial charge in [-0.05, 0) is 61.2 Å². The van der Waals surface area contributed by atoms with Crippen molar-refractivity contribution >= 4 is 11.6 Å². The summed E-state index contributed by atoms with van der Waals surface area (Å²) in [6.07, 6.45) is 4.96. The lowest BCUT2D eigenvalue weighted by Gasteiger charge is -2.11. The van der Waals surface area contributed by atoms with E-state index in [2.05, 4.69) is 57.1 Å². The fourth-order valence-corrected chi connectivity index (χ4v) is 3.71. The molecule has 6 nitrogen and oxygen atoms in total. The molecule has 0 bridgehead atoms. The van der Waals surface area contributed by atoms with E-state index in [4.69, 9.17) is 0 Å². The molecule has 1 aromatic heterocycles. The molecule has 1 atom stereocenters. The van der Waals surface area contributed by atoms with Crippen LogP contribution < -0.4 is 16.0 Å². The van der Waals surface area contributed by atoms with Gasteiger partial charge in [-0.2, -0.15) is 0 Å². The highest BCUT2D eigenvalue weighted by molar-refractivity contribution is 5.95. The van der Waals surface area contributed by atoms with Crippen molar-refractivity contribution in [2.24, 2.45) is 0 Å². The first kappa shape index (κ1) is 20.3. The molecule has 0 radical (unpaired) electrons. The van der Waals surface area contributed by atoms with Gasteiger partial charge in [-0.25, -0.2) is 4.98 Å². The van der Waals surface area contributed by atoms with E-state index in [9.17, 15) is 4.79 Å². The summed E-state index contributed by atoms with van der Waals surface area (Å²) in [5, 5.41) is 9.58. The first-order chi connectivity index (χ1) is 14.7. The lowest BCUT2D eigenvalue weighted by Crippen LogP contribution is -2.35. The Morgan fingerprint density at radius 3 is 2.43 bits per heavy atom. The number of amides is 1. The van der Waals surface area contributed by atoms with Crippen molar-refractivity contribution < 1.29 is 4.79 Å². The van der Waals surface area contributed by atoms with Gasteiger partial charge in [-0.3, -0.25) is 4.79 Å². The number of hydrogen-bond acceptors (Lipinski definition) is 4. The summed E-state index contributed by atoms with van der Waals surface area (Å²) in [6, 6.07) is 16.4. The third kappa shape index (κ3) is 4.96. The number of nitrogens with one attached hydrogen (secondary N) is 4. The Kier molecular flexibility index (Phi) is 6.57. The van der Waals surface area contributed by atoms with Crippen LogP contribution in [0.15, 0.2) is 54.7 Å². The van der Waals surface area contributed by atoms with Gasteiger partial charge in [-0.1, -0.05) is 43.3 Å². The van der Waals surface area contributed by atoms with Crippen LogP contribution in [0.4, 0.5) is 5.69 Å². The van der Waals surface area contributed by atoms with Gasteiger partial charge in [0.2, 0.25) is 5.91 Å². The van der Waals surface area contributed by atoms with Crippen molar-refractivity contribution in [2.45, 2.75) is 38.8 Å². The van der Waals surface area contributed by atoms with Crippen molar-refractivity contribution in [1.29, 1.82) is 0 Å². The average molecular weight is 404 g/mol. The third-order valence-corrected chi connectivity index (χ3v) is 5.41. The highest BCUT2D eigenvalue weighted by Gasteiger charge is 2.21. The minimum Gasteiger partial charge on any atom is -0.341 e. The van der Waals surface area contributed by atoms with Gasteiger partial charge in [0.1, 0.15) is 5.82 Å². The zero-order valence-electron chi connectivity index (χ0n) is 17.4. The molecule has 3 aromatic rings. The van der Waals surface area contributed by atoms with Crippen molar-refractivity contribution in [3.8, 4) is 22.4 Å². The first-order valence-electron chi connectivity index (χ1n) is 10.7. The standard InChI is InChI=1S/C24H29N5O/c1-2-13-25-16-23-27-15-22(29-23)19-7-5-17(6-8-19)18-9-11-20(12-10-18)28-24(30)21-4-3-14-26-21/h5-12,15,21,25-26H,2-4,13-14,16H2,1H3,(H,27,29)(H,28,30)/t21-/m0/s1. The molecule has 0 unspecified atom stereocenters. The van der Waals surface area contributed by atoms with Crippen molar-refractivity contribution in [3.05, 3.63) is 60.6 Å². The number of hydrogen-bond donors (Lipinski definition) is 4. The monoisotopic (exact) mass is 403 g/mol. The number of anilines is 1.